The van der Waals surface area contributed by atoms with E-state index < -0.39 is 20.2 Å². The highest BCUT2D eigenvalue weighted by molar-refractivity contribution is 7.86. The van der Waals surface area contributed by atoms with Gasteiger partial charge in [0, 0.05) is 20.2 Å². The van der Waals surface area contributed by atoms with Gasteiger partial charge in [-0.25, -0.2) is 0 Å². The Morgan fingerprint density at radius 3 is 1.67 bits per heavy atom. The average molecular weight is 420 g/mol. The lowest BCUT2D eigenvalue weighted by Gasteiger charge is -2.03. The Kier molecular flexibility index (Phi) is 4.09. The van der Waals surface area contributed by atoms with E-state index in [9.17, 15) is 21.4 Å². The Morgan fingerprint density at radius 1 is 0.593 bits per heavy atom. The zero-order chi connectivity index (χ0) is 19.4. The summed E-state index contributed by atoms with van der Waals surface area (Å²) in [5, 5.41) is 1.84. The molecule has 6 nitrogen and oxygen atoms in total. The van der Waals surface area contributed by atoms with Gasteiger partial charge in [-0.2, -0.15) is 16.8 Å². The second-order valence-electron chi connectivity index (χ2n) is 5.95. The van der Waals surface area contributed by atoms with Crippen LogP contribution in [0.2, 0.25) is 0 Å². The third kappa shape index (κ3) is 3.35. The lowest BCUT2D eigenvalue weighted by Crippen LogP contribution is -1.97. The monoisotopic (exact) mass is 420 g/mol. The SMILES string of the molecule is O=S(=O)(O)c1ccc(-c2ccc3c(c2)sc2cc(S(=O)(=O)O)ccc23)cc1. The molecule has 0 spiro atoms. The number of hydrogen-bond donors (Lipinski definition) is 2. The average Bonchev–Trinajstić information content (AvgIpc) is 2.97. The highest BCUT2D eigenvalue weighted by Gasteiger charge is 2.14. The van der Waals surface area contributed by atoms with Gasteiger partial charge in [-0.3, -0.25) is 9.11 Å². The van der Waals surface area contributed by atoms with E-state index in [0.717, 1.165) is 31.3 Å². The molecule has 4 aromatic rings. The third-order valence-corrected chi connectivity index (χ3v) is 7.06. The number of thiophene rings is 1. The van der Waals surface area contributed by atoms with Crippen molar-refractivity contribution in [3.63, 3.8) is 0 Å². The fourth-order valence-electron chi connectivity index (χ4n) is 2.92. The van der Waals surface area contributed by atoms with Crippen molar-refractivity contribution in [1.82, 2.24) is 0 Å². The molecule has 0 saturated heterocycles. The maximum atomic E-state index is 11.3. The van der Waals surface area contributed by atoms with Gasteiger partial charge in [0.05, 0.1) is 9.79 Å². The van der Waals surface area contributed by atoms with Crippen molar-refractivity contribution < 1.29 is 25.9 Å². The van der Waals surface area contributed by atoms with Crippen LogP contribution in [-0.4, -0.2) is 25.9 Å². The molecule has 0 fully saturated rings. The van der Waals surface area contributed by atoms with Crippen molar-refractivity contribution in [2.75, 3.05) is 0 Å². The van der Waals surface area contributed by atoms with Crippen LogP contribution in [0.15, 0.2) is 70.5 Å². The number of fused-ring (bicyclic) bond motifs is 3. The van der Waals surface area contributed by atoms with Gasteiger partial charge in [0.2, 0.25) is 0 Å². The molecule has 0 bridgehead atoms. The van der Waals surface area contributed by atoms with Crippen LogP contribution in [0, 0.1) is 0 Å². The van der Waals surface area contributed by atoms with Crippen LogP contribution in [0.4, 0.5) is 0 Å². The van der Waals surface area contributed by atoms with Crippen LogP contribution >= 0.6 is 11.3 Å². The van der Waals surface area contributed by atoms with Crippen LogP contribution in [0.25, 0.3) is 31.3 Å². The number of rotatable bonds is 3. The fraction of sp³-hybridized carbons (Fsp3) is 0. The van der Waals surface area contributed by atoms with Gasteiger partial charge >= 0.3 is 0 Å². The van der Waals surface area contributed by atoms with Crippen molar-refractivity contribution in [3.05, 3.63) is 60.7 Å². The van der Waals surface area contributed by atoms with Gasteiger partial charge < -0.3 is 0 Å². The second-order valence-corrected chi connectivity index (χ2v) is 9.87. The molecule has 1 heterocycles. The zero-order valence-electron chi connectivity index (χ0n) is 13.5. The minimum atomic E-state index is -4.26. The van der Waals surface area contributed by atoms with Gasteiger partial charge in [-0.1, -0.05) is 30.3 Å². The molecule has 1 aromatic heterocycles. The van der Waals surface area contributed by atoms with E-state index in [0.29, 0.717) is 0 Å². The Balaban J connectivity index is 1.83. The Morgan fingerprint density at radius 2 is 1.07 bits per heavy atom. The molecule has 4 rings (SSSR count). The van der Waals surface area contributed by atoms with Crippen molar-refractivity contribution in [2.24, 2.45) is 0 Å². The topological polar surface area (TPSA) is 109 Å². The second kappa shape index (κ2) is 6.11. The van der Waals surface area contributed by atoms with E-state index in [4.69, 9.17) is 4.55 Å². The molecule has 9 heteroatoms. The quantitative estimate of drug-likeness (QED) is 0.481. The summed E-state index contributed by atoms with van der Waals surface area (Å²) in [5.41, 5.74) is 1.63. The third-order valence-electron chi connectivity index (χ3n) is 4.23. The summed E-state index contributed by atoms with van der Waals surface area (Å²) in [5.74, 6) is 0. The first-order chi connectivity index (χ1) is 12.6. The highest BCUT2D eigenvalue weighted by atomic mass is 32.2. The predicted octanol–water partition coefficient (Wildman–Crippen LogP) is 4.21. The standard InChI is InChI=1S/C18H12O6S3/c19-26(20,21)13-4-1-11(2-5-13)12-3-7-15-16-8-6-14(27(22,23)24)10-18(16)25-17(15)9-12/h1-10H,(H,19,20,21)(H,22,23,24). The first-order valence-corrected chi connectivity index (χ1v) is 11.3. The molecule has 138 valence electrons. The summed E-state index contributed by atoms with van der Waals surface area (Å²) in [7, 11) is -8.50. The van der Waals surface area contributed by atoms with E-state index in [1.807, 2.05) is 18.2 Å². The predicted molar refractivity (Wildman–Crippen MR) is 104 cm³/mol. The molecule has 0 atom stereocenters. The van der Waals surface area contributed by atoms with Crippen LogP contribution in [0.3, 0.4) is 0 Å². The number of benzene rings is 3. The van der Waals surface area contributed by atoms with Crippen molar-refractivity contribution in [1.29, 1.82) is 0 Å². The van der Waals surface area contributed by atoms with E-state index >= 15 is 0 Å². The summed E-state index contributed by atoms with van der Waals surface area (Å²) in [4.78, 5) is -0.325. The van der Waals surface area contributed by atoms with Gasteiger partial charge in [-0.15, -0.1) is 11.3 Å². The first-order valence-electron chi connectivity index (χ1n) is 7.65. The summed E-state index contributed by atoms with van der Waals surface area (Å²) in [6.07, 6.45) is 0. The molecule has 27 heavy (non-hydrogen) atoms. The summed E-state index contributed by atoms with van der Waals surface area (Å²) in [6.45, 7) is 0. The molecule has 3 aromatic carbocycles. The Hall–Kier alpha value is -2.30. The molecule has 0 unspecified atom stereocenters. The highest BCUT2D eigenvalue weighted by Crippen LogP contribution is 2.37. The van der Waals surface area contributed by atoms with Gasteiger partial charge in [0.1, 0.15) is 0 Å². The summed E-state index contributed by atoms with van der Waals surface area (Å²) >= 11 is 1.40. The van der Waals surface area contributed by atoms with Crippen LogP contribution < -0.4 is 0 Å². The molecule has 0 saturated carbocycles. The molecule has 2 N–H and O–H groups in total. The minimum absolute atomic E-state index is 0.150. The lowest BCUT2D eigenvalue weighted by molar-refractivity contribution is 0.481. The molecule has 0 radical (unpaired) electrons. The molecular weight excluding hydrogens is 408 g/mol. The normalized spacial score (nSPS) is 12.7. The van der Waals surface area contributed by atoms with Gasteiger partial charge in [0.15, 0.2) is 0 Å². The van der Waals surface area contributed by atoms with Gasteiger partial charge in [-0.05, 0) is 41.5 Å². The maximum Gasteiger partial charge on any atom is 0.294 e. The zero-order valence-corrected chi connectivity index (χ0v) is 16.0. The van der Waals surface area contributed by atoms with Gasteiger partial charge in [0.25, 0.3) is 20.2 Å². The molecular formula is C18H12O6S3. The largest absolute Gasteiger partial charge is 0.294 e. The number of hydrogen-bond acceptors (Lipinski definition) is 5. The Bertz CT molecular complexity index is 1400. The van der Waals surface area contributed by atoms with Crippen molar-refractivity contribution in [2.45, 2.75) is 9.79 Å². The molecule has 0 aliphatic heterocycles. The molecule has 0 amide bonds. The summed E-state index contributed by atoms with van der Waals surface area (Å²) in [6, 6.07) is 16.1. The fourth-order valence-corrected chi connectivity index (χ4v) is 5.16. The van der Waals surface area contributed by atoms with Crippen LogP contribution in [0.1, 0.15) is 0 Å². The first kappa shape index (κ1) is 18.1. The van der Waals surface area contributed by atoms with Crippen LogP contribution in [0.5, 0.6) is 0 Å². The van der Waals surface area contributed by atoms with E-state index in [1.165, 1.54) is 35.6 Å². The maximum absolute atomic E-state index is 11.3. The van der Waals surface area contributed by atoms with Crippen molar-refractivity contribution in [3.8, 4) is 11.1 Å². The van der Waals surface area contributed by atoms with E-state index in [-0.39, 0.29) is 9.79 Å². The minimum Gasteiger partial charge on any atom is -0.282 e. The Labute approximate surface area is 159 Å². The molecule has 0 aliphatic carbocycles. The van der Waals surface area contributed by atoms with E-state index in [2.05, 4.69) is 0 Å². The van der Waals surface area contributed by atoms with Crippen molar-refractivity contribution >= 4 is 51.7 Å². The smallest absolute Gasteiger partial charge is 0.282 e. The summed E-state index contributed by atoms with van der Waals surface area (Å²) < 4.78 is 64.9. The molecule has 0 aliphatic rings. The van der Waals surface area contributed by atoms with E-state index in [1.54, 1.807) is 18.2 Å². The van der Waals surface area contributed by atoms with Crippen LogP contribution in [-0.2, 0) is 20.2 Å². The lowest BCUT2D eigenvalue weighted by atomic mass is 10.0.